The van der Waals surface area contributed by atoms with E-state index in [1.165, 1.54) is 43.7 Å². The third-order valence-electron chi connectivity index (χ3n) is 12.8. The van der Waals surface area contributed by atoms with E-state index in [-0.39, 0.29) is 0 Å². The predicted molar refractivity (Wildman–Crippen MR) is 269 cm³/mol. The highest BCUT2D eigenvalue weighted by Crippen LogP contribution is 2.39. The lowest BCUT2D eigenvalue weighted by Gasteiger charge is -2.12. The zero-order valence-electron chi connectivity index (χ0n) is 35.5. The van der Waals surface area contributed by atoms with E-state index < -0.39 is 0 Å². The van der Waals surface area contributed by atoms with Gasteiger partial charge in [-0.3, -0.25) is 4.98 Å². The van der Waals surface area contributed by atoms with E-state index in [1.54, 1.807) is 6.20 Å². The van der Waals surface area contributed by atoms with Crippen molar-refractivity contribution >= 4 is 54.5 Å². The van der Waals surface area contributed by atoms with Gasteiger partial charge >= 0.3 is 0 Å². The summed E-state index contributed by atoms with van der Waals surface area (Å²) in [6.45, 7) is 0. The molecule has 308 valence electrons. The van der Waals surface area contributed by atoms with Gasteiger partial charge in [0.05, 0.1) is 16.6 Å². The number of hydrogen-bond donors (Lipinski definition) is 0. The molecule has 0 unspecified atom stereocenters. The highest BCUT2D eigenvalue weighted by Gasteiger charge is 2.19. The van der Waals surface area contributed by atoms with Crippen LogP contribution < -0.4 is 0 Å². The SMILES string of the molecule is c1ccc(-c2ccc(-c3ccc(-c4nc(-c5ccc(-c6cccc(-n7c8ccccc8c8c9ccccc9ccc87)c6)cc5)nc(-c5cncc6c5oc5ccccc56)n4)cc3)cc2)cc1. The van der Waals surface area contributed by atoms with Crippen molar-refractivity contribution < 1.29 is 4.42 Å². The molecule has 13 rings (SSSR count). The molecule has 0 aliphatic heterocycles. The van der Waals surface area contributed by atoms with Gasteiger partial charge in [-0.25, -0.2) is 15.0 Å². The van der Waals surface area contributed by atoms with E-state index >= 15 is 0 Å². The molecule has 0 N–H and O–H groups in total. The summed E-state index contributed by atoms with van der Waals surface area (Å²) in [6.07, 6.45) is 3.63. The summed E-state index contributed by atoms with van der Waals surface area (Å²) in [5.74, 6) is 1.61. The average Bonchev–Trinajstić information content (AvgIpc) is 3.95. The van der Waals surface area contributed by atoms with E-state index in [0.717, 1.165) is 55.4 Å². The van der Waals surface area contributed by atoms with Crippen LogP contribution in [0.5, 0.6) is 0 Å². The third kappa shape index (κ3) is 6.34. The Morgan fingerprint density at radius 2 is 0.894 bits per heavy atom. The molecule has 66 heavy (non-hydrogen) atoms. The van der Waals surface area contributed by atoms with E-state index in [0.29, 0.717) is 28.6 Å². The molecule has 0 atom stereocenters. The number of pyridine rings is 1. The van der Waals surface area contributed by atoms with Crippen molar-refractivity contribution in [1.29, 1.82) is 0 Å². The van der Waals surface area contributed by atoms with E-state index in [4.69, 9.17) is 19.4 Å². The summed E-state index contributed by atoms with van der Waals surface area (Å²) in [5.41, 5.74) is 14.2. The van der Waals surface area contributed by atoms with Gasteiger partial charge in [0.2, 0.25) is 0 Å². The van der Waals surface area contributed by atoms with Crippen molar-refractivity contribution in [3.63, 3.8) is 0 Å². The van der Waals surface area contributed by atoms with Gasteiger partial charge in [-0.1, -0.05) is 182 Å². The van der Waals surface area contributed by atoms with Gasteiger partial charge in [0.25, 0.3) is 0 Å². The first-order chi connectivity index (χ1) is 32.7. The quantitative estimate of drug-likeness (QED) is 0.160. The summed E-state index contributed by atoms with van der Waals surface area (Å²) in [7, 11) is 0. The van der Waals surface area contributed by atoms with Crippen LogP contribution in [0, 0.1) is 0 Å². The molecule has 9 aromatic carbocycles. The Morgan fingerprint density at radius 1 is 0.348 bits per heavy atom. The highest BCUT2D eigenvalue weighted by atomic mass is 16.3. The highest BCUT2D eigenvalue weighted by molar-refractivity contribution is 6.21. The minimum absolute atomic E-state index is 0.489. The Balaban J connectivity index is 0.886. The zero-order valence-corrected chi connectivity index (χ0v) is 35.5. The Hall–Kier alpha value is -9.00. The maximum absolute atomic E-state index is 6.46. The summed E-state index contributed by atoms with van der Waals surface area (Å²) in [6, 6.07) is 74.6. The summed E-state index contributed by atoms with van der Waals surface area (Å²) in [4.78, 5) is 20.0. The van der Waals surface area contributed by atoms with Gasteiger partial charge in [0.1, 0.15) is 11.2 Å². The molecule has 0 radical (unpaired) electrons. The Kier molecular flexibility index (Phi) is 8.74. The summed E-state index contributed by atoms with van der Waals surface area (Å²) >= 11 is 0. The van der Waals surface area contributed by atoms with Crippen LogP contribution in [0.1, 0.15) is 0 Å². The van der Waals surface area contributed by atoms with Crippen LogP contribution in [0.25, 0.3) is 128 Å². The van der Waals surface area contributed by atoms with Crippen LogP contribution in [-0.4, -0.2) is 24.5 Å². The molecule has 0 saturated heterocycles. The van der Waals surface area contributed by atoms with Crippen molar-refractivity contribution in [3.05, 3.63) is 225 Å². The van der Waals surface area contributed by atoms with Crippen LogP contribution in [-0.2, 0) is 0 Å². The average molecular weight is 844 g/mol. The van der Waals surface area contributed by atoms with E-state index in [2.05, 4.69) is 198 Å². The van der Waals surface area contributed by atoms with Crippen LogP contribution in [0.15, 0.2) is 229 Å². The number of aromatic nitrogens is 5. The third-order valence-corrected chi connectivity index (χ3v) is 12.8. The van der Waals surface area contributed by atoms with Crippen molar-refractivity contribution in [2.24, 2.45) is 0 Å². The first-order valence-corrected chi connectivity index (χ1v) is 22.1. The van der Waals surface area contributed by atoms with Gasteiger partial charge in [0, 0.05) is 50.8 Å². The molecule has 4 aromatic heterocycles. The molecule has 6 nitrogen and oxygen atoms in total. The van der Waals surface area contributed by atoms with Crippen LogP contribution in [0.4, 0.5) is 0 Å². The number of rotatable bonds is 7. The van der Waals surface area contributed by atoms with Crippen molar-refractivity contribution in [2.45, 2.75) is 0 Å². The lowest BCUT2D eigenvalue weighted by molar-refractivity contribution is 0.669. The molecule has 13 aromatic rings. The van der Waals surface area contributed by atoms with E-state index in [9.17, 15) is 0 Å². The molecule has 6 heteroatoms. The Morgan fingerprint density at radius 3 is 1.61 bits per heavy atom. The van der Waals surface area contributed by atoms with Gasteiger partial charge in [-0.2, -0.15) is 0 Å². The van der Waals surface area contributed by atoms with Crippen molar-refractivity contribution in [2.75, 3.05) is 0 Å². The second kappa shape index (κ2) is 15.4. The second-order valence-electron chi connectivity index (χ2n) is 16.6. The fourth-order valence-corrected chi connectivity index (χ4v) is 9.50. The molecule has 4 heterocycles. The minimum Gasteiger partial charge on any atom is -0.455 e. The first kappa shape index (κ1) is 37.5. The maximum atomic E-state index is 6.46. The molecular weight excluding hydrogens is 807 g/mol. The standard InChI is InChI=1S/C60H37N5O/c1-2-11-38(12-3-1)39-21-23-40(24-22-39)41-25-29-44(30-26-41)58-62-59(64-60(63-58)52-37-61-36-51-49-17-7-9-20-55(49)66-57(51)52)45-31-27-42(28-32-45)46-14-10-15-47(35-46)65-53-19-8-6-18-50(53)56-48-16-5-4-13-43(48)33-34-54(56)65/h1-37H. The van der Waals surface area contributed by atoms with Crippen molar-refractivity contribution in [3.8, 4) is 73.2 Å². The molecule has 0 spiro atoms. The predicted octanol–water partition coefficient (Wildman–Crippen LogP) is 15.4. The molecule has 0 aliphatic carbocycles. The first-order valence-electron chi connectivity index (χ1n) is 22.1. The fraction of sp³-hybridized carbons (Fsp3) is 0. The molecular formula is C60H37N5O. The number of para-hydroxylation sites is 2. The number of hydrogen-bond acceptors (Lipinski definition) is 5. The Bertz CT molecular complexity index is 3970. The normalized spacial score (nSPS) is 11.6. The smallest absolute Gasteiger partial charge is 0.169 e. The zero-order chi connectivity index (χ0) is 43.6. The van der Waals surface area contributed by atoms with Gasteiger partial charge < -0.3 is 8.98 Å². The second-order valence-corrected chi connectivity index (χ2v) is 16.6. The lowest BCUT2D eigenvalue weighted by atomic mass is 9.99. The van der Waals surface area contributed by atoms with E-state index in [1.807, 2.05) is 30.5 Å². The number of furan rings is 1. The summed E-state index contributed by atoms with van der Waals surface area (Å²) < 4.78 is 8.84. The lowest BCUT2D eigenvalue weighted by Crippen LogP contribution is -2.00. The summed E-state index contributed by atoms with van der Waals surface area (Å²) in [5, 5.41) is 6.92. The molecule has 0 saturated carbocycles. The van der Waals surface area contributed by atoms with Crippen LogP contribution in [0.2, 0.25) is 0 Å². The van der Waals surface area contributed by atoms with Crippen LogP contribution >= 0.6 is 0 Å². The van der Waals surface area contributed by atoms with Crippen molar-refractivity contribution in [1.82, 2.24) is 24.5 Å². The minimum atomic E-state index is 0.489. The van der Waals surface area contributed by atoms with Gasteiger partial charge in [-0.15, -0.1) is 0 Å². The number of benzene rings is 9. The van der Waals surface area contributed by atoms with Crippen LogP contribution in [0.3, 0.4) is 0 Å². The van der Waals surface area contributed by atoms with Gasteiger partial charge in [0.15, 0.2) is 17.5 Å². The number of nitrogens with zero attached hydrogens (tertiary/aromatic N) is 5. The Labute approximate surface area is 379 Å². The topological polar surface area (TPSA) is 69.6 Å². The monoisotopic (exact) mass is 843 g/mol. The maximum Gasteiger partial charge on any atom is 0.169 e. The molecule has 0 aliphatic rings. The fourth-order valence-electron chi connectivity index (χ4n) is 9.50. The largest absolute Gasteiger partial charge is 0.455 e. The van der Waals surface area contributed by atoms with Gasteiger partial charge in [-0.05, 0) is 74.5 Å². The molecule has 0 amide bonds. The number of fused-ring (bicyclic) bond motifs is 8. The molecule has 0 bridgehead atoms. The molecule has 0 fully saturated rings.